The number of allylic oxidation sites excluding steroid dienone is 12. The first-order chi connectivity index (χ1) is 15.5. The van der Waals surface area contributed by atoms with Crippen LogP contribution in [0.1, 0.15) is 65.2 Å². The molecule has 0 atom stereocenters. The molecule has 0 amide bonds. The molecule has 33 heavy (non-hydrogen) atoms. The molecule has 0 N–H and O–H groups in total. The fourth-order valence-electron chi connectivity index (χ4n) is 2.98. The molecular weight excluding hydrogens is 464 g/mol. The van der Waals surface area contributed by atoms with Crippen LogP contribution in [-0.2, 0) is 36.1 Å². The van der Waals surface area contributed by atoms with Crippen LogP contribution in [0.15, 0.2) is 71.3 Å². The number of rotatable bonds is 12. The van der Waals surface area contributed by atoms with Crippen molar-refractivity contribution in [1.82, 2.24) is 0 Å². The zero-order valence-corrected chi connectivity index (χ0v) is 20.6. The molecule has 182 valence electrons. The van der Waals surface area contributed by atoms with E-state index in [9.17, 15) is 19.8 Å². The Hall–Kier alpha value is -2.50. The SMILES string of the molecule is CCOC(=O)CCCCC([O-])=C1C=CC=C1.CCOC(=O)CCCCC([O-])=C1C=CC=C1.[Fe+2]. The van der Waals surface area contributed by atoms with Crippen LogP contribution in [0.2, 0.25) is 0 Å². The predicted molar refractivity (Wildman–Crippen MR) is 121 cm³/mol. The molecule has 6 nitrogen and oxygen atoms in total. The van der Waals surface area contributed by atoms with Crippen LogP contribution in [0.4, 0.5) is 0 Å². The van der Waals surface area contributed by atoms with E-state index in [1.165, 1.54) is 0 Å². The summed E-state index contributed by atoms with van der Waals surface area (Å²) in [5, 5.41) is 23.1. The van der Waals surface area contributed by atoms with E-state index in [0.29, 0.717) is 51.7 Å². The van der Waals surface area contributed by atoms with Gasteiger partial charge in [-0.05, 0) is 63.5 Å². The summed E-state index contributed by atoms with van der Waals surface area (Å²) >= 11 is 0. The van der Waals surface area contributed by atoms with Crippen LogP contribution >= 0.6 is 0 Å². The average molecular weight is 498 g/mol. The monoisotopic (exact) mass is 498 g/mol. The van der Waals surface area contributed by atoms with Crippen molar-refractivity contribution in [2.45, 2.75) is 65.2 Å². The van der Waals surface area contributed by atoms with Crippen LogP contribution < -0.4 is 10.2 Å². The van der Waals surface area contributed by atoms with Crippen molar-refractivity contribution in [3.8, 4) is 0 Å². The van der Waals surface area contributed by atoms with E-state index in [2.05, 4.69) is 0 Å². The quantitative estimate of drug-likeness (QED) is 0.176. The van der Waals surface area contributed by atoms with E-state index in [0.717, 1.165) is 24.0 Å². The van der Waals surface area contributed by atoms with E-state index >= 15 is 0 Å². The molecule has 2 aliphatic carbocycles. The van der Waals surface area contributed by atoms with Crippen LogP contribution in [0.5, 0.6) is 0 Å². The third-order valence-electron chi connectivity index (χ3n) is 4.65. The van der Waals surface area contributed by atoms with Crippen LogP contribution in [0.3, 0.4) is 0 Å². The molecule has 0 unspecified atom stereocenters. The second-order valence-electron chi connectivity index (χ2n) is 7.22. The second kappa shape index (κ2) is 19.0. The zero-order chi connectivity index (χ0) is 23.6. The minimum absolute atomic E-state index is 0. The number of carbonyl (C=O) groups is 2. The Balaban J connectivity index is 0.000000602. The number of hydrogen-bond donors (Lipinski definition) is 0. The summed E-state index contributed by atoms with van der Waals surface area (Å²) in [6.07, 6.45) is 19.4. The Morgan fingerprint density at radius 3 is 1.24 bits per heavy atom. The van der Waals surface area contributed by atoms with Crippen molar-refractivity contribution >= 4 is 11.9 Å². The molecule has 0 heterocycles. The van der Waals surface area contributed by atoms with E-state index in [-0.39, 0.29) is 40.5 Å². The van der Waals surface area contributed by atoms with Crippen LogP contribution in [0.25, 0.3) is 0 Å². The molecule has 0 bridgehead atoms. The van der Waals surface area contributed by atoms with Crippen molar-refractivity contribution in [3.05, 3.63) is 71.3 Å². The fraction of sp³-hybridized carbons (Fsp3) is 0.462. The topological polar surface area (TPSA) is 98.7 Å². The van der Waals surface area contributed by atoms with Gasteiger partial charge < -0.3 is 19.7 Å². The van der Waals surface area contributed by atoms with E-state index < -0.39 is 0 Å². The number of carbonyl (C=O) groups excluding carboxylic acids is 2. The third-order valence-corrected chi connectivity index (χ3v) is 4.65. The molecule has 0 aromatic rings. The summed E-state index contributed by atoms with van der Waals surface area (Å²) in [5.41, 5.74) is 1.52. The Morgan fingerprint density at radius 1 is 0.636 bits per heavy atom. The average Bonchev–Trinajstić information content (AvgIpc) is 3.49. The summed E-state index contributed by atoms with van der Waals surface area (Å²) in [4.78, 5) is 22.0. The normalized spacial score (nSPS) is 12.8. The molecule has 0 radical (unpaired) electrons. The first kappa shape index (κ1) is 30.5. The van der Waals surface area contributed by atoms with Gasteiger partial charge in [-0.2, -0.15) is 0 Å². The predicted octanol–water partition coefficient (Wildman–Crippen LogP) is 3.70. The molecule has 0 fully saturated rings. The summed E-state index contributed by atoms with van der Waals surface area (Å²) in [6.45, 7) is 4.42. The molecule has 0 aromatic heterocycles. The minimum Gasteiger partial charge on any atom is -0.875 e. The third kappa shape index (κ3) is 14.3. The first-order valence-electron chi connectivity index (χ1n) is 11.3. The Labute approximate surface area is 207 Å². The van der Waals surface area contributed by atoms with Gasteiger partial charge in [0, 0.05) is 12.8 Å². The number of unbranched alkanes of at least 4 members (excludes halogenated alkanes) is 2. The minimum atomic E-state index is -0.178. The Kier molecular flexibility index (Phi) is 17.6. The maximum atomic E-state index is 11.6. The molecular formula is C26H34FeO6. The molecule has 0 spiro atoms. The first-order valence-corrected chi connectivity index (χ1v) is 11.3. The van der Waals surface area contributed by atoms with Gasteiger partial charge >= 0.3 is 29.0 Å². The molecule has 7 heteroatoms. The summed E-state index contributed by atoms with van der Waals surface area (Å²) in [7, 11) is 0. The van der Waals surface area contributed by atoms with Crippen LogP contribution in [-0.4, -0.2) is 25.2 Å². The smallest absolute Gasteiger partial charge is 0.875 e. The maximum absolute atomic E-state index is 11.6. The van der Waals surface area contributed by atoms with Gasteiger partial charge in [-0.15, -0.1) is 11.5 Å². The van der Waals surface area contributed by atoms with Gasteiger partial charge in [-0.1, -0.05) is 48.6 Å². The maximum Gasteiger partial charge on any atom is 2.00 e. The van der Waals surface area contributed by atoms with E-state index in [4.69, 9.17) is 9.47 Å². The summed E-state index contributed by atoms with van der Waals surface area (Å²) in [5.74, 6) is -0.0609. The number of hydrogen-bond acceptors (Lipinski definition) is 6. The van der Waals surface area contributed by atoms with Gasteiger partial charge in [0.05, 0.1) is 13.2 Å². The fourth-order valence-corrected chi connectivity index (χ4v) is 2.98. The molecule has 2 rings (SSSR count). The summed E-state index contributed by atoms with van der Waals surface area (Å²) in [6, 6.07) is 0. The van der Waals surface area contributed by atoms with Gasteiger partial charge in [-0.3, -0.25) is 9.59 Å². The number of ether oxygens (including phenoxy) is 2. The van der Waals surface area contributed by atoms with Gasteiger partial charge in [0.1, 0.15) is 0 Å². The molecule has 0 saturated carbocycles. The molecule has 2 aliphatic rings. The van der Waals surface area contributed by atoms with E-state index in [1.807, 2.05) is 48.6 Å². The van der Waals surface area contributed by atoms with Gasteiger partial charge in [0.2, 0.25) is 0 Å². The second-order valence-corrected chi connectivity index (χ2v) is 7.22. The largest absolute Gasteiger partial charge is 2.00 e. The molecule has 0 saturated heterocycles. The Bertz CT molecular complexity index is 693. The van der Waals surface area contributed by atoms with Gasteiger partial charge in [0.15, 0.2) is 0 Å². The summed E-state index contributed by atoms with van der Waals surface area (Å²) < 4.78 is 9.59. The standard InChI is InChI=1S/2C13H18O3.Fe/c2*1-2-16-13(15)10-6-5-9-12(14)11-7-3-4-8-11;/h2*3-4,7-8,14H,2,5-6,9-10H2,1H3;/q;;+2/p-2. The van der Waals surface area contributed by atoms with Crippen molar-refractivity contribution in [1.29, 1.82) is 0 Å². The molecule has 0 aromatic carbocycles. The van der Waals surface area contributed by atoms with Gasteiger partial charge in [0.25, 0.3) is 0 Å². The zero-order valence-electron chi connectivity index (χ0n) is 19.5. The van der Waals surface area contributed by atoms with Crippen molar-refractivity contribution in [2.24, 2.45) is 0 Å². The number of esters is 2. The van der Waals surface area contributed by atoms with Crippen molar-refractivity contribution in [3.63, 3.8) is 0 Å². The molecule has 0 aliphatic heterocycles. The van der Waals surface area contributed by atoms with Gasteiger partial charge in [-0.25, -0.2) is 0 Å². The van der Waals surface area contributed by atoms with Crippen LogP contribution in [0, 0.1) is 0 Å². The van der Waals surface area contributed by atoms with E-state index in [1.54, 1.807) is 13.8 Å². The van der Waals surface area contributed by atoms with Crippen molar-refractivity contribution in [2.75, 3.05) is 13.2 Å². The Morgan fingerprint density at radius 2 is 0.939 bits per heavy atom. The van der Waals surface area contributed by atoms with Crippen molar-refractivity contribution < 1.29 is 46.3 Å².